The molecule has 116 valence electrons. The van der Waals surface area contributed by atoms with Crippen molar-refractivity contribution in [1.29, 1.82) is 0 Å². The number of hydrogen-bond acceptors (Lipinski definition) is 3. The van der Waals surface area contributed by atoms with Gasteiger partial charge < -0.3 is 15.5 Å². The summed E-state index contributed by atoms with van der Waals surface area (Å²) in [4.78, 5) is 16.9. The minimum Gasteiger partial charge on any atom is -0.368 e. The van der Waals surface area contributed by atoms with Crippen LogP contribution in [0.5, 0.6) is 0 Å². The van der Waals surface area contributed by atoms with E-state index in [1.54, 1.807) is 0 Å². The molecule has 1 saturated heterocycles. The van der Waals surface area contributed by atoms with Gasteiger partial charge in [0.05, 0.1) is 5.92 Å². The van der Waals surface area contributed by atoms with Crippen LogP contribution in [0.1, 0.15) is 20.3 Å². The first kappa shape index (κ1) is 15.8. The SMILES string of the molecule is CC(C)CC(CN)C(=O)N1CCN(c2ccccc2)CC1. The minimum atomic E-state index is -0.0201. The van der Waals surface area contributed by atoms with Gasteiger partial charge in [-0.1, -0.05) is 32.0 Å². The standard InChI is InChI=1S/C17H27N3O/c1-14(2)12-15(13-18)17(21)20-10-8-19(9-11-20)16-6-4-3-5-7-16/h3-7,14-15H,8-13,18H2,1-2H3. The van der Waals surface area contributed by atoms with E-state index in [4.69, 9.17) is 5.73 Å². The summed E-state index contributed by atoms with van der Waals surface area (Å²) >= 11 is 0. The van der Waals surface area contributed by atoms with Gasteiger partial charge in [-0.3, -0.25) is 4.79 Å². The Kier molecular flexibility index (Phi) is 5.62. The highest BCUT2D eigenvalue weighted by Crippen LogP contribution is 2.18. The maximum atomic E-state index is 12.5. The summed E-state index contributed by atoms with van der Waals surface area (Å²) in [6, 6.07) is 10.4. The Morgan fingerprint density at radius 3 is 2.29 bits per heavy atom. The van der Waals surface area contributed by atoms with Gasteiger partial charge in [0, 0.05) is 38.4 Å². The fourth-order valence-corrected chi connectivity index (χ4v) is 2.95. The fourth-order valence-electron chi connectivity index (χ4n) is 2.95. The van der Waals surface area contributed by atoms with Crippen LogP contribution in [-0.4, -0.2) is 43.5 Å². The summed E-state index contributed by atoms with van der Waals surface area (Å²) in [5, 5.41) is 0. The first-order chi connectivity index (χ1) is 10.1. The molecular formula is C17H27N3O. The summed E-state index contributed by atoms with van der Waals surface area (Å²) in [6.45, 7) is 8.12. The molecule has 2 N–H and O–H groups in total. The Hall–Kier alpha value is -1.55. The van der Waals surface area contributed by atoms with Crippen LogP contribution in [0.2, 0.25) is 0 Å². The van der Waals surface area contributed by atoms with E-state index in [1.807, 2.05) is 11.0 Å². The van der Waals surface area contributed by atoms with E-state index in [-0.39, 0.29) is 11.8 Å². The predicted octanol–water partition coefficient (Wildman–Crippen LogP) is 1.96. The predicted molar refractivity (Wildman–Crippen MR) is 87.2 cm³/mol. The van der Waals surface area contributed by atoms with Crippen molar-refractivity contribution >= 4 is 11.6 Å². The Labute approximate surface area is 127 Å². The molecule has 21 heavy (non-hydrogen) atoms. The number of rotatable bonds is 5. The second-order valence-corrected chi connectivity index (χ2v) is 6.21. The fraction of sp³-hybridized carbons (Fsp3) is 0.588. The number of carbonyl (C=O) groups is 1. The number of hydrogen-bond donors (Lipinski definition) is 1. The number of nitrogens with zero attached hydrogens (tertiary/aromatic N) is 2. The lowest BCUT2D eigenvalue weighted by Gasteiger charge is -2.37. The lowest BCUT2D eigenvalue weighted by molar-refractivity contribution is -0.136. The highest BCUT2D eigenvalue weighted by Gasteiger charge is 2.27. The van der Waals surface area contributed by atoms with Crippen LogP contribution in [0.4, 0.5) is 5.69 Å². The lowest BCUT2D eigenvalue weighted by atomic mass is 9.95. The monoisotopic (exact) mass is 289 g/mol. The van der Waals surface area contributed by atoms with Gasteiger partial charge in [-0.2, -0.15) is 0 Å². The molecule has 1 aliphatic rings. The van der Waals surface area contributed by atoms with E-state index in [0.29, 0.717) is 12.5 Å². The average Bonchev–Trinajstić information content (AvgIpc) is 2.53. The van der Waals surface area contributed by atoms with Gasteiger partial charge in [0.25, 0.3) is 0 Å². The third-order valence-electron chi connectivity index (χ3n) is 4.10. The number of nitrogens with two attached hydrogens (primary N) is 1. The molecule has 0 bridgehead atoms. The van der Waals surface area contributed by atoms with Crippen LogP contribution >= 0.6 is 0 Å². The third-order valence-corrected chi connectivity index (χ3v) is 4.10. The lowest BCUT2D eigenvalue weighted by Crippen LogP contribution is -2.51. The summed E-state index contributed by atoms with van der Waals surface area (Å²) in [6.07, 6.45) is 0.883. The van der Waals surface area contributed by atoms with E-state index in [1.165, 1.54) is 5.69 Å². The van der Waals surface area contributed by atoms with E-state index < -0.39 is 0 Å². The molecule has 0 saturated carbocycles. The van der Waals surface area contributed by atoms with Gasteiger partial charge in [-0.15, -0.1) is 0 Å². The number of anilines is 1. The molecule has 2 rings (SSSR count). The molecule has 1 amide bonds. The molecule has 1 aliphatic heterocycles. The second-order valence-electron chi connectivity index (χ2n) is 6.21. The summed E-state index contributed by atoms with van der Waals surface area (Å²) in [5.74, 6) is 0.722. The molecule has 1 fully saturated rings. The van der Waals surface area contributed by atoms with E-state index >= 15 is 0 Å². The van der Waals surface area contributed by atoms with Crippen molar-refractivity contribution in [3.8, 4) is 0 Å². The highest BCUT2D eigenvalue weighted by molar-refractivity contribution is 5.79. The number of para-hydroxylation sites is 1. The summed E-state index contributed by atoms with van der Waals surface area (Å²) in [5.41, 5.74) is 7.03. The average molecular weight is 289 g/mol. The van der Waals surface area contributed by atoms with Gasteiger partial charge in [0.15, 0.2) is 0 Å². The van der Waals surface area contributed by atoms with Crippen molar-refractivity contribution < 1.29 is 4.79 Å². The van der Waals surface area contributed by atoms with Gasteiger partial charge in [0.2, 0.25) is 5.91 Å². The smallest absolute Gasteiger partial charge is 0.227 e. The Bertz CT molecular complexity index is 439. The van der Waals surface area contributed by atoms with Crippen molar-refractivity contribution in [3.63, 3.8) is 0 Å². The number of amides is 1. The molecule has 0 aromatic heterocycles. The first-order valence-corrected chi connectivity index (χ1v) is 7.90. The Morgan fingerprint density at radius 2 is 1.76 bits per heavy atom. The summed E-state index contributed by atoms with van der Waals surface area (Å²) in [7, 11) is 0. The zero-order valence-electron chi connectivity index (χ0n) is 13.2. The molecule has 1 unspecified atom stereocenters. The Morgan fingerprint density at radius 1 is 1.14 bits per heavy atom. The Balaban J connectivity index is 1.89. The van der Waals surface area contributed by atoms with E-state index in [9.17, 15) is 4.79 Å². The maximum Gasteiger partial charge on any atom is 0.227 e. The van der Waals surface area contributed by atoms with Gasteiger partial charge >= 0.3 is 0 Å². The van der Waals surface area contributed by atoms with Crippen molar-refractivity contribution in [2.45, 2.75) is 20.3 Å². The zero-order valence-corrected chi connectivity index (χ0v) is 13.2. The van der Waals surface area contributed by atoms with Crippen LogP contribution in [0.15, 0.2) is 30.3 Å². The van der Waals surface area contributed by atoms with Crippen LogP contribution < -0.4 is 10.6 Å². The number of piperazine rings is 1. The van der Waals surface area contributed by atoms with Crippen LogP contribution in [-0.2, 0) is 4.79 Å². The molecule has 4 heteroatoms. The van der Waals surface area contributed by atoms with E-state index in [2.05, 4.69) is 43.0 Å². The number of carbonyl (C=O) groups excluding carboxylic acids is 1. The summed E-state index contributed by atoms with van der Waals surface area (Å²) < 4.78 is 0. The largest absolute Gasteiger partial charge is 0.368 e. The third kappa shape index (κ3) is 4.21. The van der Waals surface area contributed by atoms with Crippen LogP contribution in [0.25, 0.3) is 0 Å². The molecule has 1 aromatic carbocycles. The highest BCUT2D eigenvalue weighted by atomic mass is 16.2. The maximum absolute atomic E-state index is 12.5. The normalized spacial score (nSPS) is 17.1. The van der Waals surface area contributed by atoms with Crippen molar-refractivity contribution in [2.75, 3.05) is 37.6 Å². The second kappa shape index (κ2) is 7.46. The zero-order chi connectivity index (χ0) is 15.2. The molecule has 1 atom stereocenters. The molecule has 1 heterocycles. The topological polar surface area (TPSA) is 49.6 Å². The molecule has 0 radical (unpaired) electrons. The van der Waals surface area contributed by atoms with Gasteiger partial charge in [-0.25, -0.2) is 0 Å². The van der Waals surface area contributed by atoms with E-state index in [0.717, 1.165) is 32.6 Å². The quantitative estimate of drug-likeness (QED) is 0.901. The molecule has 1 aromatic rings. The number of benzene rings is 1. The molecule has 0 aliphatic carbocycles. The van der Waals surface area contributed by atoms with Gasteiger partial charge in [-0.05, 0) is 24.5 Å². The van der Waals surface area contributed by atoms with Crippen LogP contribution in [0.3, 0.4) is 0 Å². The van der Waals surface area contributed by atoms with Crippen molar-refractivity contribution in [3.05, 3.63) is 30.3 Å². The molecular weight excluding hydrogens is 262 g/mol. The van der Waals surface area contributed by atoms with Crippen LogP contribution in [0, 0.1) is 11.8 Å². The molecule has 4 nitrogen and oxygen atoms in total. The molecule has 0 spiro atoms. The van der Waals surface area contributed by atoms with Crippen molar-refractivity contribution in [1.82, 2.24) is 4.90 Å². The minimum absolute atomic E-state index is 0.0201. The van der Waals surface area contributed by atoms with Gasteiger partial charge in [0.1, 0.15) is 0 Å². The van der Waals surface area contributed by atoms with Crippen molar-refractivity contribution in [2.24, 2.45) is 17.6 Å². The first-order valence-electron chi connectivity index (χ1n) is 7.90.